The van der Waals surface area contributed by atoms with E-state index in [-0.39, 0.29) is 0 Å². The first kappa shape index (κ1) is 11.6. The highest BCUT2D eigenvalue weighted by molar-refractivity contribution is 5.12. The molecular weight excluding hydrogens is 198 g/mol. The van der Waals surface area contributed by atoms with Gasteiger partial charge in [-0.1, -0.05) is 6.92 Å². The molecule has 0 aromatic carbocycles. The highest BCUT2D eigenvalue weighted by Crippen LogP contribution is 2.30. The van der Waals surface area contributed by atoms with Crippen LogP contribution in [-0.2, 0) is 0 Å². The van der Waals surface area contributed by atoms with Gasteiger partial charge in [0, 0.05) is 12.2 Å². The molecule has 3 nitrogen and oxygen atoms in total. The van der Waals surface area contributed by atoms with Gasteiger partial charge < -0.3 is 5.32 Å². The van der Waals surface area contributed by atoms with E-state index in [0.717, 1.165) is 5.92 Å². The molecule has 1 atom stereocenters. The minimum Gasteiger partial charge on any atom is -0.317 e. The molecule has 1 aromatic heterocycles. The van der Waals surface area contributed by atoms with Gasteiger partial charge in [-0.15, -0.1) is 0 Å². The van der Waals surface area contributed by atoms with Gasteiger partial charge in [0.15, 0.2) is 0 Å². The molecule has 1 aliphatic heterocycles. The number of nitrogens with zero attached hydrogens (tertiary/aromatic N) is 2. The Balaban J connectivity index is 2.04. The maximum atomic E-state index is 4.43. The molecule has 1 aromatic rings. The fourth-order valence-electron chi connectivity index (χ4n) is 2.49. The summed E-state index contributed by atoms with van der Waals surface area (Å²) < 4.78 is 2.06. The van der Waals surface area contributed by atoms with Gasteiger partial charge >= 0.3 is 0 Å². The Bertz CT molecular complexity index is 324. The minimum absolute atomic E-state index is 0.467. The summed E-state index contributed by atoms with van der Waals surface area (Å²) in [5.41, 5.74) is 1.40. The molecular formula is C13H23N3. The normalized spacial score (nSPS) is 20.2. The Morgan fingerprint density at radius 1 is 1.31 bits per heavy atom. The number of piperidine rings is 1. The molecule has 0 radical (unpaired) electrons. The molecule has 0 aliphatic carbocycles. The average Bonchev–Trinajstić information content (AvgIpc) is 2.78. The molecule has 0 spiro atoms. The van der Waals surface area contributed by atoms with E-state index in [1.165, 1.54) is 31.5 Å². The van der Waals surface area contributed by atoms with E-state index in [2.05, 4.69) is 42.1 Å². The topological polar surface area (TPSA) is 29.9 Å². The molecule has 0 bridgehead atoms. The summed E-state index contributed by atoms with van der Waals surface area (Å²) in [4.78, 5) is 0. The summed E-state index contributed by atoms with van der Waals surface area (Å²) in [5, 5.41) is 7.86. The van der Waals surface area contributed by atoms with Crippen LogP contribution in [0.25, 0.3) is 0 Å². The Morgan fingerprint density at radius 3 is 2.56 bits per heavy atom. The zero-order valence-corrected chi connectivity index (χ0v) is 10.6. The SMILES string of the molecule is CC(c1cnn(C(C)C)c1)C1CCNCC1. The van der Waals surface area contributed by atoms with Crippen molar-refractivity contribution in [1.82, 2.24) is 15.1 Å². The van der Waals surface area contributed by atoms with Crippen LogP contribution in [-0.4, -0.2) is 22.9 Å². The van der Waals surface area contributed by atoms with Gasteiger partial charge in [0.05, 0.1) is 6.20 Å². The molecule has 90 valence electrons. The van der Waals surface area contributed by atoms with Crippen LogP contribution >= 0.6 is 0 Å². The van der Waals surface area contributed by atoms with E-state index in [0.29, 0.717) is 12.0 Å². The second-order valence-electron chi connectivity index (χ2n) is 5.22. The first-order valence-electron chi connectivity index (χ1n) is 6.43. The predicted octanol–water partition coefficient (Wildman–Crippen LogP) is 2.57. The van der Waals surface area contributed by atoms with Gasteiger partial charge in [0.2, 0.25) is 0 Å². The molecule has 1 unspecified atom stereocenters. The average molecular weight is 221 g/mol. The van der Waals surface area contributed by atoms with E-state index >= 15 is 0 Å². The number of hydrogen-bond donors (Lipinski definition) is 1. The van der Waals surface area contributed by atoms with Crippen molar-refractivity contribution in [1.29, 1.82) is 0 Å². The van der Waals surface area contributed by atoms with Crippen molar-refractivity contribution in [2.75, 3.05) is 13.1 Å². The van der Waals surface area contributed by atoms with Gasteiger partial charge in [-0.25, -0.2) is 0 Å². The Labute approximate surface area is 98.2 Å². The van der Waals surface area contributed by atoms with Gasteiger partial charge in [-0.3, -0.25) is 4.68 Å². The van der Waals surface area contributed by atoms with Crippen LogP contribution in [0.4, 0.5) is 0 Å². The van der Waals surface area contributed by atoms with E-state index in [4.69, 9.17) is 0 Å². The van der Waals surface area contributed by atoms with Crippen molar-refractivity contribution >= 4 is 0 Å². The lowest BCUT2D eigenvalue weighted by atomic mass is 9.83. The van der Waals surface area contributed by atoms with Crippen LogP contribution in [0.1, 0.15) is 51.1 Å². The third-order valence-corrected chi connectivity index (χ3v) is 3.77. The van der Waals surface area contributed by atoms with Crippen LogP contribution in [0.2, 0.25) is 0 Å². The van der Waals surface area contributed by atoms with E-state index in [9.17, 15) is 0 Å². The lowest BCUT2D eigenvalue weighted by molar-refractivity contribution is 0.330. The maximum Gasteiger partial charge on any atom is 0.0524 e. The summed E-state index contributed by atoms with van der Waals surface area (Å²) in [6.45, 7) is 9.04. The zero-order chi connectivity index (χ0) is 11.5. The molecule has 0 amide bonds. The van der Waals surface area contributed by atoms with Crippen LogP contribution in [0.5, 0.6) is 0 Å². The third-order valence-electron chi connectivity index (χ3n) is 3.77. The molecule has 1 fully saturated rings. The second-order valence-corrected chi connectivity index (χ2v) is 5.22. The molecule has 1 N–H and O–H groups in total. The summed E-state index contributed by atoms with van der Waals surface area (Å²) >= 11 is 0. The lowest BCUT2D eigenvalue weighted by Gasteiger charge is -2.27. The maximum absolute atomic E-state index is 4.43. The molecule has 2 rings (SSSR count). The van der Waals surface area contributed by atoms with E-state index < -0.39 is 0 Å². The van der Waals surface area contributed by atoms with Gasteiger partial charge in [-0.05, 0) is 57.2 Å². The quantitative estimate of drug-likeness (QED) is 0.850. The molecule has 0 saturated carbocycles. The molecule has 2 heterocycles. The van der Waals surface area contributed by atoms with Gasteiger partial charge in [0.1, 0.15) is 0 Å². The number of nitrogens with one attached hydrogen (secondary N) is 1. The van der Waals surface area contributed by atoms with Crippen LogP contribution in [0, 0.1) is 5.92 Å². The number of aromatic nitrogens is 2. The Kier molecular flexibility index (Phi) is 3.64. The summed E-state index contributed by atoms with van der Waals surface area (Å²) in [7, 11) is 0. The van der Waals surface area contributed by atoms with Crippen molar-refractivity contribution in [3.8, 4) is 0 Å². The third kappa shape index (κ3) is 2.46. The highest BCUT2D eigenvalue weighted by Gasteiger charge is 2.22. The molecule has 3 heteroatoms. The first-order chi connectivity index (χ1) is 7.68. The van der Waals surface area contributed by atoms with Crippen LogP contribution in [0.3, 0.4) is 0 Å². The van der Waals surface area contributed by atoms with Crippen molar-refractivity contribution < 1.29 is 0 Å². The smallest absolute Gasteiger partial charge is 0.0524 e. The van der Waals surface area contributed by atoms with Crippen molar-refractivity contribution in [2.24, 2.45) is 5.92 Å². The molecule has 1 saturated heterocycles. The van der Waals surface area contributed by atoms with E-state index in [1.54, 1.807) is 0 Å². The summed E-state index contributed by atoms with van der Waals surface area (Å²) in [6, 6.07) is 0.467. The Morgan fingerprint density at radius 2 is 2.00 bits per heavy atom. The predicted molar refractivity (Wildman–Crippen MR) is 66.6 cm³/mol. The minimum atomic E-state index is 0.467. The molecule has 1 aliphatic rings. The molecule has 16 heavy (non-hydrogen) atoms. The van der Waals surface area contributed by atoms with E-state index in [1.807, 2.05) is 6.20 Å². The first-order valence-corrected chi connectivity index (χ1v) is 6.43. The summed E-state index contributed by atoms with van der Waals surface area (Å²) in [6.07, 6.45) is 6.87. The number of hydrogen-bond acceptors (Lipinski definition) is 2. The van der Waals surface area contributed by atoms with Crippen molar-refractivity contribution in [3.63, 3.8) is 0 Å². The van der Waals surface area contributed by atoms with Crippen LogP contribution < -0.4 is 5.32 Å². The fourth-order valence-corrected chi connectivity index (χ4v) is 2.49. The Hall–Kier alpha value is -0.830. The monoisotopic (exact) mass is 221 g/mol. The second kappa shape index (κ2) is 5.00. The number of rotatable bonds is 3. The fraction of sp³-hybridized carbons (Fsp3) is 0.769. The lowest BCUT2D eigenvalue weighted by Crippen LogP contribution is -2.30. The van der Waals surface area contributed by atoms with Gasteiger partial charge in [-0.2, -0.15) is 5.10 Å². The summed E-state index contributed by atoms with van der Waals surface area (Å²) in [5.74, 6) is 1.47. The van der Waals surface area contributed by atoms with Crippen molar-refractivity contribution in [2.45, 2.75) is 45.6 Å². The standard InChI is InChI=1S/C13H23N3/c1-10(2)16-9-13(8-15-16)11(3)12-4-6-14-7-5-12/h8-12,14H,4-7H2,1-3H3. The largest absolute Gasteiger partial charge is 0.317 e. The van der Waals surface area contributed by atoms with Crippen molar-refractivity contribution in [3.05, 3.63) is 18.0 Å². The zero-order valence-electron chi connectivity index (χ0n) is 10.6. The van der Waals surface area contributed by atoms with Crippen LogP contribution in [0.15, 0.2) is 12.4 Å². The highest BCUT2D eigenvalue weighted by atomic mass is 15.3. The van der Waals surface area contributed by atoms with Gasteiger partial charge in [0.25, 0.3) is 0 Å².